The van der Waals surface area contributed by atoms with Crippen LogP contribution < -0.4 is 19.5 Å². The van der Waals surface area contributed by atoms with Crippen molar-refractivity contribution < 1.29 is 27.5 Å². The number of hydrogen-bond donors (Lipinski definition) is 2. The van der Waals surface area contributed by atoms with Crippen molar-refractivity contribution >= 4 is 21.8 Å². The minimum Gasteiger partial charge on any atom is -0.493 e. The van der Waals surface area contributed by atoms with Gasteiger partial charge in [-0.2, -0.15) is 0 Å². The Bertz CT molecular complexity index is 866. The fraction of sp³-hybridized carbons (Fsp3) is 0.600. The summed E-state index contributed by atoms with van der Waals surface area (Å²) >= 11 is 0. The number of nitrogens with one attached hydrogen (secondary N) is 2. The van der Waals surface area contributed by atoms with Crippen molar-refractivity contribution in [1.82, 2.24) is 19.8 Å². The topological polar surface area (TPSA) is 117 Å². The molecule has 1 saturated heterocycles. The van der Waals surface area contributed by atoms with E-state index in [-0.39, 0.29) is 35.7 Å². The summed E-state index contributed by atoms with van der Waals surface area (Å²) in [6, 6.07) is 4.40. The normalized spacial score (nSPS) is 15.1. The second-order valence-corrected chi connectivity index (χ2v) is 9.31. The van der Waals surface area contributed by atoms with E-state index in [1.165, 1.54) is 32.4 Å². The zero-order valence-electron chi connectivity index (χ0n) is 18.5. The van der Waals surface area contributed by atoms with E-state index in [2.05, 4.69) is 10.0 Å². The molecule has 1 aromatic carbocycles. The third kappa shape index (κ3) is 7.37. The van der Waals surface area contributed by atoms with Crippen LogP contribution in [0.2, 0.25) is 0 Å². The number of nitrogens with zero attached hydrogens (tertiary/aromatic N) is 2. The van der Waals surface area contributed by atoms with Crippen molar-refractivity contribution in [3.8, 4) is 11.5 Å². The smallest absolute Gasteiger partial charge is 0.240 e. The van der Waals surface area contributed by atoms with Gasteiger partial charge in [0, 0.05) is 51.3 Å². The summed E-state index contributed by atoms with van der Waals surface area (Å²) in [6.07, 6.45) is 0.0559. The molecule has 1 heterocycles. The molecule has 0 aliphatic carbocycles. The van der Waals surface area contributed by atoms with Crippen LogP contribution in [0.25, 0.3) is 0 Å². The van der Waals surface area contributed by atoms with Gasteiger partial charge in [-0.3, -0.25) is 14.5 Å². The lowest BCUT2D eigenvalue weighted by Gasteiger charge is -2.34. The third-order valence-electron chi connectivity index (χ3n) is 4.84. The van der Waals surface area contributed by atoms with Gasteiger partial charge < -0.3 is 19.7 Å². The van der Waals surface area contributed by atoms with Crippen molar-refractivity contribution in [3.63, 3.8) is 0 Å². The van der Waals surface area contributed by atoms with Gasteiger partial charge in [0.25, 0.3) is 0 Å². The molecule has 1 fully saturated rings. The standard InChI is InChI=1S/C20H32N4O6S/c1-15(2)22-19(25)14-23-9-11-24(12-10-23)20(26)7-8-21-31(27,28)16-5-6-17(29-3)18(13-16)30-4/h5-6,13,15,21H,7-12,14H2,1-4H3,(H,22,25). The SMILES string of the molecule is COc1ccc(S(=O)(=O)NCCC(=O)N2CCN(CC(=O)NC(C)C)CC2)cc1OC. The number of carbonyl (C=O) groups is 2. The monoisotopic (exact) mass is 456 g/mol. The molecule has 10 nitrogen and oxygen atoms in total. The van der Waals surface area contributed by atoms with Crippen LogP contribution in [0.15, 0.2) is 23.1 Å². The molecular formula is C20H32N4O6S. The number of benzene rings is 1. The van der Waals surface area contributed by atoms with Crippen LogP contribution >= 0.6 is 0 Å². The van der Waals surface area contributed by atoms with Gasteiger partial charge in [0.05, 0.1) is 25.7 Å². The molecule has 1 aliphatic heterocycles. The summed E-state index contributed by atoms with van der Waals surface area (Å²) in [5.41, 5.74) is 0. The lowest BCUT2D eigenvalue weighted by molar-refractivity contribution is -0.133. The predicted molar refractivity (Wildman–Crippen MR) is 116 cm³/mol. The van der Waals surface area contributed by atoms with E-state index in [1.54, 1.807) is 4.90 Å². The number of hydrogen-bond acceptors (Lipinski definition) is 7. The van der Waals surface area contributed by atoms with Gasteiger partial charge in [-0.25, -0.2) is 13.1 Å². The molecule has 0 unspecified atom stereocenters. The summed E-state index contributed by atoms with van der Waals surface area (Å²) in [4.78, 5) is 28.0. The van der Waals surface area contributed by atoms with Gasteiger partial charge in [-0.05, 0) is 26.0 Å². The average molecular weight is 457 g/mol. The highest BCUT2D eigenvalue weighted by molar-refractivity contribution is 7.89. The summed E-state index contributed by atoms with van der Waals surface area (Å²) in [6.45, 7) is 6.36. The van der Waals surface area contributed by atoms with E-state index in [9.17, 15) is 18.0 Å². The molecule has 31 heavy (non-hydrogen) atoms. The zero-order chi connectivity index (χ0) is 23.0. The Labute approximate surface area is 183 Å². The minimum atomic E-state index is -3.79. The van der Waals surface area contributed by atoms with E-state index in [4.69, 9.17) is 9.47 Å². The number of rotatable bonds is 10. The zero-order valence-corrected chi connectivity index (χ0v) is 19.3. The maximum absolute atomic E-state index is 12.5. The Morgan fingerprint density at radius 3 is 2.29 bits per heavy atom. The van der Waals surface area contributed by atoms with E-state index in [0.717, 1.165) is 0 Å². The van der Waals surface area contributed by atoms with Crippen LogP contribution in [0, 0.1) is 0 Å². The summed E-state index contributed by atoms with van der Waals surface area (Å²) < 4.78 is 37.7. The van der Waals surface area contributed by atoms with E-state index in [1.807, 2.05) is 18.7 Å². The molecule has 1 aliphatic rings. The average Bonchev–Trinajstić information content (AvgIpc) is 2.72. The Hall–Kier alpha value is -2.37. The molecule has 2 amide bonds. The summed E-state index contributed by atoms with van der Waals surface area (Å²) in [5, 5.41) is 2.85. The van der Waals surface area contributed by atoms with Crippen molar-refractivity contribution in [2.75, 3.05) is 53.5 Å². The summed E-state index contributed by atoms with van der Waals surface area (Å²) in [5.74, 6) is 0.583. The second-order valence-electron chi connectivity index (χ2n) is 7.54. The van der Waals surface area contributed by atoms with E-state index < -0.39 is 10.0 Å². The van der Waals surface area contributed by atoms with Crippen LogP contribution in [-0.4, -0.2) is 89.6 Å². The highest BCUT2D eigenvalue weighted by Crippen LogP contribution is 2.29. The maximum atomic E-state index is 12.5. The van der Waals surface area contributed by atoms with Crippen molar-refractivity contribution in [1.29, 1.82) is 0 Å². The largest absolute Gasteiger partial charge is 0.493 e. The number of sulfonamides is 1. The number of carbonyl (C=O) groups excluding carboxylic acids is 2. The van der Waals surface area contributed by atoms with Crippen LogP contribution in [0.3, 0.4) is 0 Å². The number of amides is 2. The fourth-order valence-corrected chi connectivity index (χ4v) is 4.29. The Morgan fingerprint density at radius 2 is 1.71 bits per heavy atom. The molecule has 1 aromatic rings. The molecule has 0 saturated carbocycles. The third-order valence-corrected chi connectivity index (χ3v) is 6.30. The predicted octanol–water partition coefficient (Wildman–Crippen LogP) is 0.0410. The minimum absolute atomic E-state index is 0.00742. The van der Waals surface area contributed by atoms with Gasteiger partial charge in [-0.1, -0.05) is 0 Å². The van der Waals surface area contributed by atoms with Crippen LogP contribution in [0.5, 0.6) is 11.5 Å². The number of ether oxygens (including phenoxy) is 2. The quantitative estimate of drug-likeness (QED) is 0.511. The maximum Gasteiger partial charge on any atom is 0.240 e. The first kappa shape index (κ1) is 24.9. The first-order valence-corrected chi connectivity index (χ1v) is 11.7. The van der Waals surface area contributed by atoms with Crippen LogP contribution in [-0.2, 0) is 19.6 Å². The van der Waals surface area contributed by atoms with Crippen molar-refractivity contribution in [2.45, 2.75) is 31.2 Å². The van der Waals surface area contributed by atoms with Gasteiger partial charge in [-0.15, -0.1) is 0 Å². The molecule has 0 bridgehead atoms. The molecule has 0 spiro atoms. The highest BCUT2D eigenvalue weighted by Gasteiger charge is 2.23. The fourth-order valence-electron chi connectivity index (χ4n) is 3.24. The lowest BCUT2D eigenvalue weighted by Crippen LogP contribution is -2.51. The number of methoxy groups -OCH3 is 2. The molecule has 2 rings (SSSR count). The first-order chi connectivity index (χ1) is 14.7. The molecule has 0 atom stereocenters. The highest BCUT2D eigenvalue weighted by atomic mass is 32.2. The van der Waals surface area contributed by atoms with Crippen LogP contribution in [0.4, 0.5) is 0 Å². The van der Waals surface area contributed by atoms with Crippen LogP contribution in [0.1, 0.15) is 20.3 Å². The first-order valence-electron chi connectivity index (χ1n) is 10.2. The molecular weight excluding hydrogens is 424 g/mol. The Balaban J connectivity index is 1.80. The van der Waals surface area contributed by atoms with Gasteiger partial charge in [0.2, 0.25) is 21.8 Å². The Kier molecular flexibility index (Phi) is 9.08. The summed E-state index contributed by atoms with van der Waals surface area (Å²) in [7, 11) is -0.890. The van der Waals surface area contributed by atoms with Gasteiger partial charge in [0.1, 0.15) is 0 Å². The molecule has 0 radical (unpaired) electrons. The Morgan fingerprint density at radius 1 is 1.06 bits per heavy atom. The second kappa shape index (κ2) is 11.3. The molecule has 0 aromatic heterocycles. The molecule has 11 heteroatoms. The number of piperazine rings is 1. The van der Waals surface area contributed by atoms with Crippen molar-refractivity contribution in [2.24, 2.45) is 0 Å². The van der Waals surface area contributed by atoms with Gasteiger partial charge >= 0.3 is 0 Å². The van der Waals surface area contributed by atoms with E-state index in [0.29, 0.717) is 44.2 Å². The van der Waals surface area contributed by atoms with Crippen molar-refractivity contribution in [3.05, 3.63) is 18.2 Å². The van der Waals surface area contributed by atoms with E-state index >= 15 is 0 Å². The van der Waals surface area contributed by atoms with Gasteiger partial charge in [0.15, 0.2) is 11.5 Å². The lowest BCUT2D eigenvalue weighted by atomic mass is 10.2. The molecule has 174 valence electrons. The molecule has 2 N–H and O–H groups in total.